The van der Waals surface area contributed by atoms with Gasteiger partial charge in [0.25, 0.3) is 11.8 Å². The first-order valence-corrected chi connectivity index (χ1v) is 8.83. The van der Waals surface area contributed by atoms with Crippen LogP contribution in [0.4, 0.5) is 0 Å². The van der Waals surface area contributed by atoms with Crippen LogP contribution in [0.2, 0.25) is 0 Å². The van der Waals surface area contributed by atoms with Crippen molar-refractivity contribution in [2.45, 2.75) is 19.3 Å². The molecule has 1 amide bonds. The van der Waals surface area contributed by atoms with Crippen molar-refractivity contribution >= 4 is 28.8 Å². The number of aromatic nitrogens is 4. The molecule has 0 bridgehead atoms. The number of amides is 1. The summed E-state index contributed by atoms with van der Waals surface area (Å²) in [5.41, 5.74) is 0.683. The fourth-order valence-electron chi connectivity index (χ4n) is 2.63. The van der Waals surface area contributed by atoms with E-state index >= 15 is 0 Å². The van der Waals surface area contributed by atoms with Crippen LogP contribution < -0.4 is 0 Å². The third-order valence-electron chi connectivity index (χ3n) is 3.86. The van der Waals surface area contributed by atoms with Crippen molar-refractivity contribution in [2.75, 3.05) is 13.1 Å². The smallest absolute Gasteiger partial charge is 0.267 e. The minimum absolute atomic E-state index is 0.0121. The van der Waals surface area contributed by atoms with E-state index in [0.717, 1.165) is 22.8 Å². The molecule has 118 valence electrons. The lowest BCUT2D eigenvalue weighted by Crippen LogP contribution is -2.28. The van der Waals surface area contributed by atoms with Crippen LogP contribution in [0.5, 0.6) is 0 Å². The molecule has 1 aliphatic heterocycles. The second-order valence-corrected chi connectivity index (χ2v) is 7.06. The van der Waals surface area contributed by atoms with E-state index in [1.807, 2.05) is 22.4 Å². The highest BCUT2D eigenvalue weighted by atomic mass is 32.1. The number of thiophene rings is 1. The Bertz CT molecular complexity index is 826. The molecular weight excluding hydrogens is 334 g/mol. The van der Waals surface area contributed by atoms with E-state index in [-0.39, 0.29) is 11.8 Å². The number of carbonyl (C=O) groups excluding carboxylic acids is 1. The molecule has 0 aliphatic carbocycles. The van der Waals surface area contributed by atoms with E-state index in [1.165, 1.54) is 0 Å². The van der Waals surface area contributed by atoms with Crippen LogP contribution in [0.3, 0.4) is 0 Å². The average molecular weight is 347 g/mol. The monoisotopic (exact) mass is 347 g/mol. The minimum Gasteiger partial charge on any atom is -0.337 e. The number of nitrogens with zero attached hydrogens (tertiary/aromatic N) is 5. The zero-order chi connectivity index (χ0) is 15.8. The fraction of sp³-hybridized carbons (Fsp3) is 0.357. The van der Waals surface area contributed by atoms with Gasteiger partial charge in [-0.05, 0) is 36.3 Å². The number of carbonyl (C=O) groups is 1. The fourth-order valence-corrected chi connectivity index (χ4v) is 3.90. The lowest BCUT2D eigenvalue weighted by atomic mass is 10.1. The molecule has 7 nitrogen and oxygen atoms in total. The van der Waals surface area contributed by atoms with E-state index < -0.39 is 0 Å². The van der Waals surface area contributed by atoms with Crippen molar-refractivity contribution in [1.29, 1.82) is 0 Å². The van der Waals surface area contributed by atoms with Gasteiger partial charge in [-0.2, -0.15) is 4.98 Å². The standard InChI is InChI=1S/C14H13N5O2S2/c1-8-11(23-18-16-8)14(20)19-5-4-9(7-19)12-15-13(21-17-12)10-3-2-6-22-10/h2-3,6,9H,4-5,7H2,1H3/t9-/m0/s1. The van der Waals surface area contributed by atoms with Crippen molar-refractivity contribution in [1.82, 2.24) is 24.6 Å². The number of likely N-dealkylation sites (tertiary alicyclic amines) is 1. The lowest BCUT2D eigenvalue weighted by Gasteiger charge is -2.14. The molecule has 1 aliphatic rings. The summed E-state index contributed by atoms with van der Waals surface area (Å²) in [4.78, 5) is 20.4. The average Bonchev–Trinajstić information content (AvgIpc) is 3.31. The number of hydrogen-bond donors (Lipinski definition) is 0. The molecule has 0 aromatic carbocycles. The van der Waals surface area contributed by atoms with Gasteiger partial charge in [0, 0.05) is 19.0 Å². The summed E-state index contributed by atoms with van der Waals surface area (Å²) in [5.74, 6) is 1.31. The normalized spacial score (nSPS) is 17.8. The maximum atomic E-state index is 12.5. The quantitative estimate of drug-likeness (QED) is 0.724. The Balaban J connectivity index is 1.48. The first-order valence-electron chi connectivity index (χ1n) is 7.18. The third-order valence-corrected chi connectivity index (χ3v) is 5.53. The highest BCUT2D eigenvalue weighted by Crippen LogP contribution is 2.30. The predicted molar refractivity (Wildman–Crippen MR) is 85.5 cm³/mol. The molecule has 0 spiro atoms. The first kappa shape index (κ1) is 14.5. The summed E-state index contributed by atoms with van der Waals surface area (Å²) >= 11 is 2.71. The second kappa shape index (κ2) is 5.82. The molecule has 23 heavy (non-hydrogen) atoms. The Morgan fingerprint density at radius 3 is 3.13 bits per heavy atom. The van der Waals surface area contributed by atoms with Gasteiger partial charge in [-0.3, -0.25) is 4.79 Å². The molecule has 0 saturated carbocycles. The van der Waals surface area contributed by atoms with E-state index in [4.69, 9.17) is 4.52 Å². The molecule has 9 heteroatoms. The van der Waals surface area contributed by atoms with Crippen LogP contribution in [0.15, 0.2) is 22.0 Å². The summed E-state index contributed by atoms with van der Waals surface area (Å²) in [7, 11) is 0. The molecule has 4 heterocycles. The van der Waals surface area contributed by atoms with Crippen molar-refractivity contribution in [2.24, 2.45) is 0 Å². The van der Waals surface area contributed by atoms with Crippen molar-refractivity contribution < 1.29 is 9.32 Å². The van der Waals surface area contributed by atoms with E-state index in [0.29, 0.717) is 35.4 Å². The summed E-state index contributed by atoms with van der Waals surface area (Å²) in [5, 5.41) is 9.96. The molecule has 1 fully saturated rings. The molecule has 1 saturated heterocycles. The Morgan fingerprint density at radius 2 is 2.39 bits per heavy atom. The molecule has 0 unspecified atom stereocenters. The first-order chi connectivity index (χ1) is 11.2. The lowest BCUT2D eigenvalue weighted by molar-refractivity contribution is 0.0794. The van der Waals surface area contributed by atoms with Gasteiger partial charge in [-0.1, -0.05) is 15.7 Å². The molecule has 4 rings (SSSR count). The van der Waals surface area contributed by atoms with E-state index in [1.54, 1.807) is 18.3 Å². The van der Waals surface area contributed by atoms with Gasteiger partial charge >= 0.3 is 0 Å². The maximum Gasteiger partial charge on any atom is 0.267 e. The molecule has 1 atom stereocenters. The van der Waals surface area contributed by atoms with Crippen LogP contribution >= 0.6 is 22.9 Å². The Kier molecular flexibility index (Phi) is 3.66. The van der Waals surface area contributed by atoms with Crippen molar-refractivity contribution in [3.8, 4) is 10.8 Å². The molecule has 3 aromatic rings. The Morgan fingerprint density at radius 1 is 1.48 bits per heavy atom. The summed E-state index contributed by atoms with van der Waals surface area (Å²) in [6, 6.07) is 3.90. The summed E-state index contributed by atoms with van der Waals surface area (Å²) < 4.78 is 9.17. The van der Waals surface area contributed by atoms with Crippen LogP contribution in [0.1, 0.15) is 33.5 Å². The number of hydrogen-bond acceptors (Lipinski definition) is 8. The van der Waals surface area contributed by atoms with Crippen molar-refractivity contribution in [3.05, 3.63) is 33.9 Å². The van der Waals surface area contributed by atoms with Crippen LogP contribution in [0, 0.1) is 6.92 Å². The van der Waals surface area contributed by atoms with Gasteiger partial charge in [0.15, 0.2) is 5.82 Å². The minimum atomic E-state index is -0.0121. The van der Waals surface area contributed by atoms with Gasteiger partial charge in [-0.25, -0.2) is 0 Å². The predicted octanol–water partition coefficient (Wildman–Crippen LogP) is 2.59. The SMILES string of the molecule is Cc1nnsc1C(=O)N1CC[C@H](c2noc(-c3cccs3)n2)C1. The van der Waals surface area contributed by atoms with Crippen LogP contribution in [0.25, 0.3) is 10.8 Å². The maximum absolute atomic E-state index is 12.5. The van der Waals surface area contributed by atoms with Crippen LogP contribution in [-0.2, 0) is 0 Å². The zero-order valence-electron chi connectivity index (χ0n) is 12.3. The van der Waals surface area contributed by atoms with Crippen LogP contribution in [-0.4, -0.2) is 43.6 Å². The molecule has 3 aromatic heterocycles. The number of aryl methyl sites for hydroxylation is 1. The van der Waals surface area contributed by atoms with Gasteiger partial charge in [0.1, 0.15) is 4.88 Å². The Hall–Kier alpha value is -2.13. The van der Waals surface area contributed by atoms with E-state index in [2.05, 4.69) is 19.7 Å². The zero-order valence-corrected chi connectivity index (χ0v) is 13.9. The topological polar surface area (TPSA) is 85.0 Å². The van der Waals surface area contributed by atoms with Gasteiger partial charge in [-0.15, -0.1) is 16.4 Å². The largest absolute Gasteiger partial charge is 0.337 e. The molecule has 0 radical (unpaired) electrons. The molecule has 0 N–H and O–H groups in total. The third kappa shape index (κ3) is 2.66. The highest BCUT2D eigenvalue weighted by molar-refractivity contribution is 7.13. The van der Waals surface area contributed by atoms with Crippen molar-refractivity contribution in [3.63, 3.8) is 0 Å². The van der Waals surface area contributed by atoms with Gasteiger partial charge in [0.2, 0.25) is 0 Å². The van der Waals surface area contributed by atoms with E-state index in [9.17, 15) is 4.79 Å². The summed E-state index contributed by atoms with van der Waals surface area (Å²) in [6.45, 7) is 3.08. The molecular formula is C14H13N5O2S2. The van der Waals surface area contributed by atoms with Gasteiger partial charge < -0.3 is 9.42 Å². The van der Waals surface area contributed by atoms with Gasteiger partial charge in [0.05, 0.1) is 10.6 Å². The Labute approximate surface area is 140 Å². The second-order valence-electron chi connectivity index (χ2n) is 5.36. The highest BCUT2D eigenvalue weighted by Gasteiger charge is 2.32. The summed E-state index contributed by atoms with van der Waals surface area (Å²) in [6.07, 6.45) is 0.834. The number of rotatable bonds is 3.